The van der Waals surface area contributed by atoms with Gasteiger partial charge < -0.3 is 14.0 Å². The van der Waals surface area contributed by atoms with Crippen LogP contribution in [0.1, 0.15) is 21.9 Å². The van der Waals surface area contributed by atoms with Crippen LogP contribution in [0.15, 0.2) is 24.5 Å². The number of nitrogens with zero attached hydrogens (tertiary/aromatic N) is 3. The molecule has 0 aliphatic carbocycles. The van der Waals surface area contributed by atoms with Crippen molar-refractivity contribution in [2.24, 2.45) is 0 Å². The number of carbonyl (C=O) groups excluding carboxylic acids is 1. The fourth-order valence-corrected chi connectivity index (χ4v) is 2.95. The normalized spacial score (nSPS) is 11.5. The van der Waals surface area contributed by atoms with E-state index in [4.69, 9.17) is 9.47 Å². The predicted octanol–water partition coefficient (Wildman–Crippen LogP) is 3.00. The van der Waals surface area contributed by atoms with Gasteiger partial charge in [0.1, 0.15) is 6.73 Å². The molecule has 2 heterocycles. The average molecular weight is 347 g/mol. The summed E-state index contributed by atoms with van der Waals surface area (Å²) in [6, 6.07) is 4.87. The van der Waals surface area contributed by atoms with Gasteiger partial charge >= 0.3 is 0 Å². The molecule has 2 rings (SSSR count). The Morgan fingerprint density at radius 1 is 1.33 bits per heavy atom. The molecule has 0 fully saturated rings. The summed E-state index contributed by atoms with van der Waals surface area (Å²) in [7, 11) is 0.477. The van der Waals surface area contributed by atoms with Gasteiger partial charge in [-0.25, -0.2) is 9.97 Å². The SMILES string of the molecule is COc1cc(Cc2cn(COCC[Si](C)(C)C)c(C=O)n2)ccn1. The van der Waals surface area contributed by atoms with Gasteiger partial charge in [-0.15, -0.1) is 0 Å². The van der Waals surface area contributed by atoms with Crippen molar-refractivity contribution in [3.8, 4) is 5.88 Å². The largest absolute Gasteiger partial charge is 0.481 e. The molecule has 0 saturated heterocycles. The molecule has 0 aromatic carbocycles. The standard InChI is InChI=1S/C17H25N3O3Si/c1-22-17-10-14(5-6-18-17)9-15-11-20(16(12-21)19-15)13-23-7-8-24(2,3)4/h5-6,10-12H,7-9,13H2,1-4H3. The molecule has 0 amide bonds. The number of carbonyl (C=O) groups is 1. The van der Waals surface area contributed by atoms with Crippen molar-refractivity contribution in [1.29, 1.82) is 0 Å². The summed E-state index contributed by atoms with van der Waals surface area (Å²) < 4.78 is 12.6. The van der Waals surface area contributed by atoms with Crippen LogP contribution in [0.3, 0.4) is 0 Å². The van der Waals surface area contributed by atoms with Gasteiger partial charge in [0.05, 0.1) is 12.8 Å². The monoisotopic (exact) mass is 347 g/mol. The molecule has 2 aromatic heterocycles. The van der Waals surface area contributed by atoms with Crippen molar-refractivity contribution in [1.82, 2.24) is 14.5 Å². The average Bonchev–Trinajstić information content (AvgIpc) is 2.92. The molecule has 6 nitrogen and oxygen atoms in total. The molecule has 0 bridgehead atoms. The lowest BCUT2D eigenvalue weighted by molar-refractivity contribution is 0.0831. The molecule has 0 aliphatic heterocycles. The third kappa shape index (κ3) is 5.57. The van der Waals surface area contributed by atoms with Crippen molar-refractivity contribution in [3.05, 3.63) is 41.6 Å². The van der Waals surface area contributed by atoms with Gasteiger partial charge in [0, 0.05) is 39.6 Å². The summed E-state index contributed by atoms with van der Waals surface area (Å²) in [4.78, 5) is 19.7. The summed E-state index contributed by atoms with van der Waals surface area (Å²) in [6.45, 7) is 8.00. The summed E-state index contributed by atoms with van der Waals surface area (Å²) >= 11 is 0. The second kappa shape index (κ2) is 8.21. The van der Waals surface area contributed by atoms with Crippen LogP contribution in [0.2, 0.25) is 25.7 Å². The highest BCUT2D eigenvalue weighted by Gasteiger charge is 2.13. The van der Waals surface area contributed by atoms with E-state index >= 15 is 0 Å². The van der Waals surface area contributed by atoms with Crippen molar-refractivity contribution < 1.29 is 14.3 Å². The Hall–Kier alpha value is -1.99. The molecule has 0 unspecified atom stereocenters. The van der Waals surface area contributed by atoms with Gasteiger partial charge in [0.15, 0.2) is 12.1 Å². The topological polar surface area (TPSA) is 66.2 Å². The number of hydrogen-bond acceptors (Lipinski definition) is 5. The maximum atomic E-state index is 11.2. The lowest BCUT2D eigenvalue weighted by Gasteiger charge is -2.15. The Balaban J connectivity index is 1.99. The van der Waals surface area contributed by atoms with Gasteiger partial charge in [-0.1, -0.05) is 19.6 Å². The second-order valence-corrected chi connectivity index (χ2v) is 12.5. The number of hydrogen-bond donors (Lipinski definition) is 0. The van der Waals surface area contributed by atoms with E-state index in [2.05, 4.69) is 29.6 Å². The molecular formula is C17H25N3O3Si. The molecular weight excluding hydrogens is 322 g/mol. The number of aromatic nitrogens is 3. The Kier molecular flexibility index (Phi) is 6.27. The van der Waals surface area contributed by atoms with Crippen LogP contribution >= 0.6 is 0 Å². The van der Waals surface area contributed by atoms with E-state index in [1.54, 1.807) is 17.9 Å². The molecule has 0 spiro atoms. The number of pyridine rings is 1. The fraction of sp³-hybridized carbons (Fsp3) is 0.471. The number of rotatable bonds is 9. The maximum Gasteiger partial charge on any atom is 0.213 e. The van der Waals surface area contributed by atoms with E-state index in [9.17, 15) is 4.79 Å². The molecule has 0 atom stereocenters. The van der Waals surface area contributed by atoms with Crippen LogP contribution < -0.4 is 4.74 Å². The number of ether oxygens (including phenoxy) is 2. The van der Waals surface area contributed by atoms with Crippen molar-refractivity contribution in [2.75, 3.05) is 13.7 Å². The molecule has 7 heteroatoms. The number of imidazole rings is 1. The molecule has 0 aliphatic rings. The van der Waals surface area contributed by atoms with E-state index in [-0.39, 0.29) is 0 Å². The van der Waals surface area contributed by atoms with E-state index in [0.29, 0.717) is 31.5 Å². The Morgan fingerprint density at radius 2 is 2.12 bits per heavy atom. The van der Waals surface area contributed by atoms with Crippen LogP contribution in [0.25, 0.3) is 0 Å². The third-order valence-corrected chi connectivity index (χ3v) is 5.29. The fourth-order valence-electron chi connectivity index (χ4n) is 2.19. The highest BCUT2D eigenvalue weighted by Crippen LogP contribution is 2.14. The van der Waals surface area contributed by atoms with Crippen LogP contribution in [0.5, 0.6) is 5.88 Å². The Labute approximate surface area is 143 Å². The smallest absolute Gasteiger partial charge is 0.213 e. The molecule has 130 valence electrons. The van der Waals surface area contributed by atoms with Crippen molar-refractivity contribution in [3.63, 3.8) is 0 Å². The lowest BCUT2D eigenvalue weighted by atomic mass is 10.1. The number of methoxy groups -OCH3 is 1. The lowest BCUT2D eigenvalue weighted by Crippen LogP contribution is -2.22. The first kappa shape index (κ1) is 18.3. The van der Waals surface area contributed by atoms with Crippen LogP contribution in [0.4, 0.5) is 0 Å². The minimum Gasteiger partial charge on any atom is -0.481 e. The Bertz CT molecular complexity index is 680. The van der Waals surface area contributed by atoms with Gasteiger partial charge in [-0.2, -0.15) is 0 Å². The molecule has 2 aromatic rings. The quantitative estimate of drug-likeness (QED) is 0.396. The first-order valence-electron chi connectivity index (χ1n) is 7.99. The molecule has 0 saturated carbocycles. The minimum atomic E-state index is -1.11. The predicted molar refractivity (Wildman–Crippen MR) is 95.3 cm³/mol. The van der Waals surface area contributed by atoms with Gasteiger partial charge in [-0.05, 0) is 17.7 Å². The summed E-state index contributed by atoms with van der Waals surface area (Å²) in [5, 5.41) is 0. The second-order valence-electron chi connectivity index (χ2n) is 6.91. The molecule has 24 heavy (non-hydrogen) atoms. The first-order chi connectivity index (χ1) is 11.4. The summed E-state index contributed by atoms with van der Waals surface area (Å²) in [5.74, 6) is 0.955. The van der Waals surface area contributed by atoms with E-state index < -0.39 is 8.07 Å². The molecule has 0 radical (unpaired) electrons. The van der Waals surface area contributed by atoms with Crippen LogP contribution in [-0.4, -0.2) is 42.6 Å². The highest BCUT2D eigenvalue weighted by molar-refractivity contribution is 6.76. The van der Waals surface area contributed by atoms with E-state index in [0.717, 1.165) is 23.6 Å². The Morgan fingerprint density at radius 3 is 2.79 bits per heavy atom. The summed E-state index contributed by atoms with van der Waals surface area (Å²) in [6.07, 6.45) is 4.94. The molecule has 0 N–H and O–H groups in total. The summed E-state index contributed by atoms with van der Waals surface area (Å²) in [5.41, 5.74) is 1.85. The van der Waals surface area contributed by atoms with Crippen LogP contribution in [-0.2, 0) is 17.9 Å². The maximum absolute atomic E-state index is 11.2. The third-order valence-electron chi connectivity index (χ3n) is 3.58. The van der Waals surface area contributed by atoms with Crippen LogP contribution in [0, 0.1) is 0 Å². The van der Waals surface area contributed by atoms with Gasteiger partial charge in [0.2, 0.25) is 5.88 Å². The zero-order valence-electron chi connectivity index (χ0n) is 14.8. The van der Waals surface area contributed by atoms with Gasteiger partial charge in [0.25, 0.3) is 0 Å². The first-order valence-corrected chi connectivity index (χ1v) is 11.7. The highest BCUT2D eigenvalue weighted by atomic mass is 28.3. The van der Waals surface area contributed by atoms with Gasteiger partial charge in [-0.3, -0.25) is 4.79 Å². The van der Waals surface area contributed by atoms with E-state index in [1.165, 1.54) is 0 Å². The zero-order valence-corrected chi connectivity index (χ0v) is 15.8. The minimum absolute atomic E-state index is 0.352. The van der Waals surface area contributed by atoms with E-state index in [1.807, 2.05) is 18.3 Å². The number of aldehydes is 1. The zero-order chi connectivity index (χ0) is 17.6. The van der Waals surface area contributed by atoms with Crippen molar-refractivity contribution in [2.45, 2.75) is 38.8 Å². The van der Waals surface area contributed by atoms with Crippen molar-refractivity contribution >= 4 is 14.4 Å².